The van der Waals surface area contributed by atoms with Gasteiger partial charge in [0, 0.05) is 45.1 Å². The molecule has 0 aliphatic heterocycles. The zero-order chi connectivity index (χ0) is 16.9. The second kappa shape index (κ2) is 7.22. The minimum Gasteiger partial charge on any atom is -0.396 e. The number of non-ortho nitro benzene ring substituents is 1. The molecule has 22 heavy (non-hydrogen) atoms. The van der Waals surface area contributed by atoms with Crippen molar-refractivity contribution in [3.05, 3.63) is 33.9 Å². The molecule has 1 rings (SSSR count). The highest BCUT2D eigenvalue weighted by Crippen LogP contribution is 2.25. The van der Waals surface area contributed by atoms with Crippen LogP contribution in [0.3, 0.4) is 0 Å². The normalized spacial score (nSPS) is 11.1. The first kappa shape index (κ1) is 17.9. The van der Waals surface area contributed by atoms with E-state index in [9.17, 15) is 14.9 Å². The lowest BCUT2D eigenvalue weighted by Crippen LogP contribution is -2.35. The number of anilines is 1. The van der Waals surface area contributed by atoms with E-state index in [2.05, 4.69) is 5.32 Å². The Morgan fingerprint density at radius 2 is 2.05 bits per heavy atom. The van der Waals surface area contributed by atoms with Gasteiger partial charge in [0.1, 0.15) is 0 Å². The summed E-state index contributed by atoms with van der Waals surface area (Å²) in [5, 5.41) is 22.7. The van der Waals surface area contributed by atoms with Crippen LogP contribution in [0.4, 0.5) is 11.4 Å². The average molecular weight is 309 g/mol. The zero-order valence-corrected chi connectivity index (χ0v) is 13.4. The van der Waals surface area contributed by atoms with Gasteiger partial charge in [0.2, 0.25) is 0 Å². The Hall–Kier alpha value is -2.15. The van der Waals surface area contributed by atoms with Gasteiger partial charge in [0.15, 0.2) is 0 Å². The number of rotatable bonds is 7. The Morgan fingerprint density at radius 1 is 1.41 bits per heavy atom. The maximum atomic E-state index is 12.4. The minimum atomic E-state index is -0.522. The molecule has 0 atom stereocenters. The molecule has 0 unspecified atom stereocenters. The molecule has 1 amide bonds. The summed E-state index contributed by atoms with van der Waals surface area (Å²) in [5.41, 5.74) is 0.510. The molecule has 0 fully saturated rings. The quantitative estimate of drug-likeness (QED) is 0.591. The molecule has 0 aromatic heterocycles. The highest BCUT2D eigenvalue weighted by molar-refractivity contribution is 6.00. The average Bonchev–Trinajstić information content (AvgIpc) is 2.44. The SMILES string of the molecule is CN(C)c1ccc([N+](=O)[O-])cc1C(=O)NCC(C)(C)CCO. The topological polar surface area (TPSA) is 95.7 Å². The Balaban J connectivity index is 3.00. The van der Waals surface area contributed by atoms with E-state index in [0.717, 1.165) is 0 Å². The first-order chi connectivity index (χ1) is 10.2. The van der Waals surface area contributed by atoms with Crippen LogP contribution in [-0.4, -0.2) is 43.2 Å². The van der Waals surface area contributed by atoms with E-state index in [1.54, 1.807) is 25.1 Å². The van der Waals surface area contributed by atoms with E-state index in [-0.39, 0.29) is 29.2 Å². The first-order valence-corrected chi connectivity index (χ1v) is 7.03. The van der Waals surface area contributed by atoms with Crippen LogP contribution in [-0.2, 0) is 0 Å². The summed E-state index contributed by atoms with van der Waals surface area (Å²) in [4.78, 5) is 24.5. The van der Waals surface area contributed by atoms with Crippen molar-refractivity contribution in [2.24, 2.45) is 5.41 Å². The maximum Gasteiger partial charge on any atom is 0.270 e. The number of hydrogen-bond acceptors (Lipinski definition) is 5. The molecular weight excluding hydrogens is 286 g/mol. The molecule has 0 saturated carbocycles. The van der Waals surface area contributed by atoms with Crippen molar-refractivity contribution < 1.29 is 14.8 Å². The van der Waals surface area contributed by atoms with Crippen LogP contribution in [0.15, 0.2) is 18.2 Å². The van der Waals surface area contributed by atoms with Crippen molar-refractivity contribution in [3.63, 3.8) is 0 Å². The Labute approximate surface area is 130 Å². The van der Waals surface area contributed by atoms with Gasteiger partial charge < -0.3 is 15.3 Å². The van der Waals surface area contributed by atoms with E-state index in [1.165, 1.54) is 12.1 Å². The largest absolute Gasteiger partial charge is 0.396 e. The van der Waals surface area contributed by atoms with Crippen LogP contribution in [0.2, 0.25) is 0 Å². The zero-order valence-electron chi connectivity index (χ0n) is 13.4. The second-order valence-electron chi connectivity index (χ2n) is 6.17. The van der Waals surface area contributed by atoms with Gasteiger partial charge in [0.25, 0.3) is 11.6 Å². The summed E-state index contributed by atoms with van der Waals surface area (Å²) in [5.74, 6) is -0.363. The third kappa shape index (κ3) is 4.70. The molecule has 7 heteroatoms. The van der Waals surface area contributed by atoms with Gasteiger partial charge in [-0.25, -0.2) is 0 Å². The molecule has 0 heterocycles. The summed E-state index contributed by atoms with van der Waals surface area (Å²) in [7, 11) is 3.54. The highest BCUT2D eigenvalue weighted by atomic mass is 16.6. The van der Waals surface area contributed by atoms with Crippen LogP contribution in [0, 0.1) is 15.5 Å². The summed E-state index contributed by atoms with van der Waals surface area (Å²) in [6.45, 7) is 4.29. The second-order valence-corrected chi connectivity index (χ2v) is 6.17. The van der Waals surface area contributed by atoms with Crippen molar-refractivity contribution in [3.8, 4) is 0 Å². The molecule has 0 aliphatic carbocycles. The number of nitrogens with zero attached hydrogens (tertiary/aromatic N) is 2. The highest BCUT2D eigenvalue weighted by Gasteiger charge is 2.22. The molecule has 0 spiro atoms. The van der Waals surface area contributed by atoms with Gasteiger partial charge in [-0.1, -0.05) is 13.8 Å². The monoisotopic (exact) mass is 309 g/mol. The van der Waals surface area contributed by atoms with Gasteiger partial charge in [-0.3, -0.25) is 14.9 Å². The van der Waals surface area contributed by atoms with Crippen LogP contribution in [0.1, 0.15) is 30.6 Å². The predicted octanol–water partition coefficient (Wildman–Crippen LogP) is 1.80. The molecule has 0 radical (unpaired) electrons. The number of benzene rings is 1. The maximum absolute atomic E-state index is 12.4. The summed E-state index contributed by atoms with van der Waals surface area (Å²) in [6.07, 6.45) is 0.558. The number of hydrogen-bond donors (Lipinski definition) is 2. The lowest BCUT2D eigenvalue weighted by molar-refractivity contribution is -0.384. The molecule has 0 saturated heterocycles. The summed E-state index contributed by atoms with van der Waals surface area (Å²) >= 11 is 0. The smallest absolute Gasteiger partial charge is 0.270 e. The number of carbonyl (C=O) groups excluding carboxylic acids is 1. The van der Waals surface area contributed by atoms with Crippen molar-refractivity contribution in [1.29, 1.82) is 0 Å². The number of aliphatic hydroxyl groups is 1. The number of nitro groups is 1. The van der Waals surface area contributed by atoms with Crippen LogP contribution >= 0.6 is 0 Å². The van der Waals surface area contributed by atoms with Crippen molar-refractivity contribution >= 4 is 17.3 Å². The molecule has 0 bridgehead atoms. The third-order valence-electron chi connectivity index (χ3n) is 3.43. The van der Waals surface area contributed by atoms with E-state index in [4.69, 9.17) is 5.11 Å². The van der Waals surface area contributed by atoms with Gasteiger partial charge in [-0.2, -0.15) is 0 Å². The van der Waals surface area contributed by atoms with Crippen molar-refractivity contribution in [2.75, 3.05) is 32.1 Å². The van der Waals surface area contributed by atoms with Crippen LogP contribution in [0.5, 0.6) is 0 Å². The fourth-order valence-electron chi connectivity index (χ4n) is 2.02. The fourth-order valence-corrected chi connectivity index (χ4v) is 2.02. The predicted molar refractivity (Wildman–Crippen MR) is 85.2 cm³/mol. The molecule has 1 aromatic carbocycles. The number of carbonyl (C=O) groups is 1. The first-order valence-electron chi connectivity index (χ1n) is 7.03. The Morgan fingerprint density at radius 3 is 2.55 bits per heavy atom. The number of aliphatic hydroxyl groups excluding tert-OH is 1. The Kier molecular flexibility index (Phi) is 5.87. The molecule has 122 valence electrons. The summed E-state index contributed by atoms with van der Waals surface area (Å²) in [6, 6.07) is 4.22. The van der Waals surface area contributed by atoms with Crippen molar-refractivity contribution in [1.82, 2.24) is 5.32 Å². The molecule has 2 N–H and O–H groups in total. The fraction of sp³-hybridized carbons (Fsp3) is 0.533. The number of nitro benzene ring substituents is 1. The van der Waals surface area contributed by atoms with Crippen molar-refractivity contribution in [2.45, 2.75) is 20.3 Å². The molecule has 1 aromatic rings. The van der Waals surface area contributed by atoms with Gasteiger partial charge in [-0.15, -0.1) is 0 Å². The van der Waals surface area contributed by atoms with E-state index in [1.807, 2.05) is 13.8 Å². The van der Waals surface area contributed by atoms with Gasteiger partial charge in [0.05, 0.1) is 10.5 Å². The number of nitrogens with one attached hydrogen (secondary N) is 1. The Bertz CT molecular complexity index is 556. The standard InChI is InChI=1S/C15H23N3O4/c1-15(2,7-8-19)10-16-14(20)12-9-11(18(21)22)5-6-13(12)17(3)4/h5-6,9,19H,7-8,10H2,1-4H3,(H,16,20). The lowest BCUT2D eigenvalue weighted by atomic mass is 9.89. The molecule has 0 aliphatic rings. The molecule has 7 nitrogen and oxygen atoms in total. The lowest BCUT2D eigenvalue weighted by Gasteiger charge is -2.24. The molecular formula is C15H23N3O4. The van der Waals surface area contributed by atoms with Crippen LogP contribution < -0.4 is 10.2 Å². The number of amides is 1. The third-order valence-corrected chi connectivity index (χ3v) is 3.43. The van der Waals surface area contributed by atoms with E-state index >= 15 is 0 Å². The van der Waals surface area contributed by atoms with Gasteiger partial charge in [-0.05, 0) is 17.9 Å². The van der Waals surface area contributed by atoms with Gasteiger partial charge >= 0.3 is 0 Å². The summed E-state index contributed by atoms with van der Waals surface area (Å²) < 4.78 is 0. The minimum absolute atomic E-state index is 0.0443. The van der Waals surface area contributed by atoms with E-state index < -0.39 is 4.92 Å². The van der Waals surface area contributed by atoms with E-state index in [0.29, 0.717) is 18.7 Å². The van der Waals surface area contributed by atoms with Crippen LogP contribution in [0.25, 0.3) is 0 Å².